The van der Waals surface area contributed by atoms with Gasteiger partial charge in [0.05, 0.1) is 19.8 Å². The largest absolute Gasteiger partial charge is 0.346 e. The van der Waals surface area contributed by atoms with E-state index in [4.69, 9.17) is 9.47 Å². The molecule has 0 aromatic carbocycles. The molecule has 2 aliphatic heterocycles. The fraction of sp³-hybridized carbons (Fsp3) is 1.00. The zero-order chi connectivity index (χ0) is 11.3. The summed E-state index contributed by atoms with van der Waals surface area (Å²) in [4.78, 5) is 2.69. The van der Waals surface area contributed by atoms with E-state index in [1.54, 1.807) is 0 Å². The van der Waals surface area contributed by atoms with Crippen molar-refractivity contribution in [3.63, 3.8) is 0 Å². The Kier molecular flexibility index (Phi) is 2.50. The lowest BCUT2D eigenvalue weighted by Gasteiger charge is -2.43. The van der Waals surface area contributed by atoms with Crippen LogP contribution < -0.4 is 0 Å². The Morgan fingerprint density at radius 2 is 1.94 bits per heavy atom. The average Bonchev–Trinajstić information content (AvgIpc) is 3.05. The first-order chi connectivity index (χ1) is 8.35. The molecule has 0 aromatic rings. The molecule has 4 fully saturated rings. The number of rotatable bonds is 1. The maximum absolute atomic E-state index is 5.89. The first kappa shape index (κ1) is 10.8. The molecule has 0 amide bonds. The van der Waals surface area contributed by atoms with Crippen LogP contribution in [-0.4, -0.2) is 43.0 Å². The Bertz CT molecular complexity index is 301. The van der Waals surface area contributed by atoms with E-state index < -0.39 is 0 Å². The first-order valence-corrected chi connectivity index (χ1v) is 7.37. The van der Waals surface area contributed by atoms with Crippen LogP contribution in [-0.2, 0) is 9.47 Å². The summed E-state index contributed by atoms with van der Waals surface area (Å²) in [5.74, 6) is 1.80. The van der Waals surface area contributed by atoms with Crippen molar-refractivity contribution < 1.29 is 9.47 Å². The monoisotopic (exact) mass is 237 g/mol. The molecule has 2 aliphatic carbocycles. The van der Waals surface area contributed by atoms with Gasteiger partial charge in [-0.25, -0.2) is 0 Å². The molecule has 1 spiro atoms. The van der Waals surface area contributed by atoms with Gasteiger partial charge in [-0.1, -0.05) is 6.42 Å². The second-order valence-electron chi connectivity index (χ2n) is 6.42. The van der Waals surface area contributed by atoms with Crippen molar-refractivity contribution in [1.82, 2.24) is 4.90 Å². The summed E-state index contributed by atoms with van der Waals surface area (Å²) in [7, 11) is 0. The van der Waals surface area contributed by atoms with Crippen LogP contribution >= 0.6 is 0 Å². The van der Waals surface area contributed by atoms with Gasteiger partial charge in [0.25, 0.3) is 0 Å². The van der Waals surface area contributed by atoms with Crippen LogP contribution in [0.25, 0.3) is 0 Å². The van der Waals surface area contributed by atoms with Crippen molar-refractivity contribution in [3.8, 4) is 0 Å². The highest BCUT2D eigenvalue weighted by Crippen LogP contribution is 2.47. The van der Waals surface area contributed by atoms with Crippen molar-refractivity contribution in [2.45, 2.75) is 50.4 Å². The van der Waals surface area contributed by atoms with E-state index in [2.05, 4.69) is 4.90 Å². The Labute approximate surface area is 103 Å². The number of nitrogens with zero attached hydrogens (tertiary/aromatic N) is 1. The highest BCUT2D eigenvalue weighted by Gasteiger charge is 2.47. The van der Waals surface area contributed by atoms with Crippen LogP contribution in [0.5, 0.6) is 0 Å². The Hall–Kier alpha value is -0.120. The molecular weight excluding hydrogens is 214 g/mol. The van der Waals surface area contributed by atoms with Gasteiger partial charge < -0.3 is 9.47 Å². The van der Waals surface area contributed by atoms with Crippen molar-refractivity contribution in [2.24, 2.45) is 11.8 Å². The van der Waals surface area contributed by atoms with Gasteiger partial charge >= 0.3 is 0 Å². The predicted molar refractivity (Wildman–Crippen MR) is 64.7 cm³/mol. The number of ether oxygens (including phenoxy) is 2. The topological polar surface area (TPSA) is 21.7 Å². The molecular formula is C14H23NO2. The summed E-state index contributed by atoms with van der Waals surface area (Å²) in [5, 5.41) is 0. The van der Waals surface area contributed by atoms with Gasteiger partial charge in [-0.3, -0.25) is 4.90 Å². The molecule has 4 aliphatic rings. The van der Waals surface area contributed by atoms with Gasteiger partial charge in [0.1, 0.15) is 0 Å². The zero-order valence-corrected chi connectivity index (χ0v) is 10.6. The van der Waals surface area contributed by atoms with Crippen LogP contribution in [0.4, 0.5) is 0 Å². The van der Waals surface area contributed by atoms with Gasteiger partial charge in [-0.2, -0.15) is 0 Å². The third-order valence-electron chi connectivity index (χ3n) is 5.43. The van der Waals surface area contributed by atoms with E-state index in [1.807, 2.05) is 0 Å². The Morgan fingerprint density at radius 1 is 1.06 bits per heavy atom. The summed E-state index contributed by atoms with van der Waals surface area (Å²) in [6, 6.07) is 0.846. The highest BCUT2D eigenvalue weighted by atomic mass is 16.7. The normalized spacial score (nSPS) is 44.8. The van der Waals surface area contributed by atoms with E-state index in [0.29, 0.717) is 0 Å². The molecule has 3 nitrogen and oxygen atoms in total. The van der Waals surface area contributed by atoms with Crippen molar-refractivity contribution in [1.29, 1.82) is 0 Å². The van der Waals surface area contributed by atoms with E-state index in [0.717, 1.165) is 44.1 Å². The zero-order valence-electron chi connectivity index (χ0n) is 10.6. The molecule has 0 N–H and O–H groups in total. The lowest BCUT2D eigenvalue weighted by atomic mass is 9.91. The molecule has 0 radical (unpaired) electrons. The maximum atomic E-state index is 5.89. The smallest absolute Gasteiger partial charge is 0.181 e. The fourth-order valence-corrected chi connectivity index (χ4v) is 4.69. The van der Waals surface area contributed by atoms with Crippen molar-refractivity contribution in [2.75, 3.05) is 26.3 Å². The van der Waals surface area contributed by atoms with E-state index >= 15 is 0 Å². The van der Waals surface area contributed by atoms with Gasteiger partial charge in [0.2, 0.25) is 0 Å². The van der Waals surface area contributed by atoms with Crippen LogP contribution in [0.3, 0.4) is 0 Å². The lowest BCUT2D eigenvalue weighted by Crippen LogP contribution is -2.53. The minimum Gasteiger partial charge on any atom is -0.346 e. The predicted octanol–water partition coefficient (Wildman–Crippen LogP) is 2.01. The molecule has 2 heterocycles. The van der Waals surface area contributed by atoms with E-state index in [-0.39, 0.29) is 5.79 Å². The maximum Gasteiger partial charge on any atom is 0.181 e. The third-order valence-corrected chi connectivity index (χ3v) is 5.43. The average molecular weight is 237 g/mol. The van der Waals surface area contributed by atoms with Crippen molar-refractivity contribution >= 4 is 0 Å². The number of fused-ring (bicyclic) bond motifs is 2. The second-order valence-corrected chi connectivity index (χ2v) is 6.42. The van der Waals surface area contributed by atoms with Crippen LogP contribution in [0, 0.1) is 11.8 Å². The molecule has 0 aromatic heterocycles. The number of piperidine rings is 1. The van der Waals surface area contributed by atoms with E-state index in [1.165, 1.54) is 38.6 Å². The summed E-state index contributed by atoms with van der Waals surface area (Å²) in [6.45, 7) is 3.89. The summed E-state index contributed by atoms with van der Waals surface area (Å²) in [5.41, 5.74) is 0. The molecule has 3 unspecified atom stereocenters. The Balaban J connectivity index is 1.47. The molecule has 3 atom stereocenters. The summed E-state index contributed by atoms with van der Waals surface area (Å²) in [6.07, 6.45) is 8.25. The molecule has 4 rings (SSSR count). The van der Waals surface area contributed by atoms with Gasteiger partial charge in [-0.05, 0) is 44.1 Å². The van der Waals surface area contributed by atoms with Gasteiger partial charge in [-0.15, -0.1) is 0 Å². The van der Waals surface area contributed by atoms with Crippen LogP contribution in [0.1, 0.15) is 38.5 Å². The first-order valence-electron chi connectivity index (χ1n) is 7.37. The second kappa shape index (κ2) is 3.94. The van der Waals surface area contributed by atoms with Gasteiger partial charge in [0, 0.05) is 12.5 Å². The molecule has 17 heavy (non-hydrogen) atoms. The van der Waals surface area contributed by atoms with Crippen molar-refractivity contribution in [3.05, 3.63) is 0 Å². The minimum absolute atomic E-state index is 0.222. The van der Waals surface area contributed by atoms with Crippen LogP contribution in [0.15, 0.2) is 0 Å². The minimum atomic E-state index is -0.222. The molecule has 96 valence electrons. The van der Waals surface area contributed by atoms with Crippen LogP contribution in [0.2, 0.25) is 0 Å². The standard InChI is InChI=1S/C14H23NO2/c1-4-14(16-6-7-17-14)10-15(5-1)13-9-11-2-3-12(13)8-11/h11-13H,1-10H2. The highest BCUT2D eigenvalue weighted by molar-refractivity contribution is 4.98. The molecule has 2 saturated carbocycles. The van der Waals surface area contributed by atoms with Gasteiger partial charge in [0.15, 0.2) is 5.79 Å². The third kappa shape index (κ3) is 1.74. The SMILES string of the molecule is C1CN(C2CC3CCC2C3)CC2(C1)OCCO2. The summed E-state index contributed by atoms with van der Waals surface area (Å²) < 4.78 is 11.8. The quantitative estimate of drug-likeness (QED) is 0.696. The molecule has 2 bridgehead atoms. The molecule has 3 heteroatoms. The summed E-state index contributed by atoms with van der Waals surface area (Å²) >= 11 is 0. The van der Waals surface area contributed by atoms with E-state index in [9.17, 15) is 0 Å². The Morgan fingerprint density at radius 3 is 2.65 bits per heavy atom. The molecule has 2 saturated heterocycles. The fourth-order valence-electron chi connectivity index (χ4n) is 4.69. The lowest BCUT2D eigenvalue weighted by molar-refractivity contribution is -0.195. The number of hydrogen-bond acceptors (Lipinski definition) is 3. The number of hydrogen-bond donors (Lipinski definition) is 0. The number of likely N-dealkylation sites (tertiary alicyclic amines) is 1.